The van der Waals surface area contributed by atoms with Crippen LogP contribution in [0.2, 0.25) is 0 Å². The number of carbonyl (C=O) groups is 1. The Hall–Kier alpha value is -1.66. The molecule has 1 amide bonds. The minimum atomic E-state index is -0.288. The zero-order valence-electron chi connectivity index (χ0n) is 12.6. The second-order valence-corrected chi connectivity index (χ2v) is 5.16. The number of hydrogen-bond acceptors (Lipinski definition) is 5. The van der Waals surface area contributed by atoms with E-state index in [2.05, 4.69) is 17.2 Å². The zero-order chi connectivity index (χ0) is 15.2. The van der Waals surface area contributed by atoms with Gasteiger partial charge < -0.3 is 20.1 Å². The summed E-state index contributed by atoms with van der Waals surface area (Å²) in [6.45, 7) is 3.46. The minimum Gasteiger partial charge on any atom is -0.394 e. The molecule has 2 rings (SSSR count). The Morgan fingerprint density at radius 2 is 2.38 bits per heavy atom. The van der Waals surface area contributed by atoms with E-state index in [1.165, 1.54) is 0 Å². The lowest BCUT2D eigenvalue weighted by molar-refractivity contribution is -0.0447. The fourth-order valence-corrected chi connectivity index (χ4v) is 2.42. The molecule has 0 spiro atoms. The molecule has 1 saturated heterocycles. The largest absolute Gasteiger partial charge is 0.394 e. The van der Waals surface area contributed by atoms with Crippen molar-refractivity contribution in [2.24, 2.45) is 0 Å². The van der Waals surface area contributed by atoms with Crippen molar-refractivity contribution in [2.75, 3.05) is 38.7 Å². The smallest absolute Gasteiger partial charge is 0.254 e. The number of nitrogens with one attached hydrogen (secondary N) is 1. The normalized spacial score (nSPS) is 18.6. The molecule has 0 aliphatic carbocycles. The fraction of sp³-hybridized carbons (Fsp3) is 0.600. The first kappa shape index (κ1) is 15.7. The van der Waals surface area contributed by atoms with Crippen LogP contribution in [0.15, 0.2) is 12.1 Å². The number of carbonyl (C=O) groups excluding carboxylic acids is 1. The quantitative estimate of drug-likeness (QED) is 0.844. The van der Waals surface area contributed by atoms with Crippen molar-refractivity contribution >= 4 is 11.7 Å². The van der Waals surface area contributed by atoms with Gasteiger partial charge in [0.2, 0.25) is 0 Å². The van der Waals surface area contributed by atoms with Crippen molar-refractivity contribution in [1.82, 2.24) is 9.88 Å². The molecule has 0 saturated carbocycles. The molecule has 0 bridgehead atoms. The van der Waals surface area contributed by atoms with Crippen molar-refractivity contribution < 1.29 is 14.6 Å². The van der Waals surface area contributed by atoms with E-state index >= 15 is 0 Å². The molecule has 1 aromatic heterocycles. The summed E-state index contributed by atoms with van der Waals surface area (Å²) in [7, 11) is 1.79. The van der Waals surface area contributed by atoms with E-state index in [0.717, 1.165) is 18.5 Å². The molecule has 6 heteroatoms. The first-order valence-corrected chi connectivity index (χ1v) is 7.38. The van der Waals surface area contributed by atoms with Crippen LogP contribution in [0.4, 0.5) is 5.82 Å². The van der Waals surface area contributed by atoms with Gasteiger partial charge in [-0.1, -0.05) is 13.3 Å². The lowest BCUT2D eigenvalue weighted by Gasteiger charge is -2.32. The van der Waals surface area contributed by atoms with E-state index in [1.54, 1.807) is 18.0 Å². The monoisotopic (exact) mass is 293 g/mol. The molecule has 1 aliphatic heterocycles. The van der Waals surface area contributed by atoms with Crippen LogP contribution in [0.1, 0.15) is 29.4 Å². The highest BCUT2D eigenvalue weighted by Crippen LogP contribution is 2.16. The van der Waals surface area contributed by atoms with Crippen LogP contribution in [0, 0.1) is 0 Å². The van der Waals surface area contributed by atoms with Gasteiger partial charge in [-0.2, -0.15) is 0 Å². The molecule has 6 nitrogen and oxygen atoms in total. The first-order chi connectivity index (χ1) is 10.2. The van der Waals surface area contributed by atoms with Crippen LogP contribution in [0.3, 0.4) is 0 Å². The third kappa shape index (κ3) is 3.92. The van der Waals surface area contributed by atoms with E-state index in [-0.39, 0.29) is 18.6 Å². The van der Waals surface area contributed by atoms with Crippen molar-refractivity contribution in [1.29, 1.82) is 0 Å². The molecule has 1 unspecified atom stereocenters. The highest BCUT2D eigenvalue weighted by molar-refractivity contribution is 5.95. The number of pyridine rings is 1. The average molecular weight is 293 g/mol. The van der Waals surface area contributed by atoms with Crippen molar-refractivity contribution in [2.45, 2.75) is 25.9 Å². The van der Waals surface area contributed by atoms with Gasteiger partial charge in [0.25, 0.3) is 5.91 Å². The van der Waals surface area contributed by atoms with Crippen molar-refractivity contribution in [3.63, 3.8) is 0 Å². The van der Waals surface area contributed by atoms with Gasteiger partial charge in [0.15, 0.2) is 0 Å². The van der Waals surface area contributed by atoms with Gasteiger partial charge in [-0.15, -0.1) is 0 Å². The molecule has 21 heavy (non-hydrogen) atoms. The van der Waals surface area contributed by atoms with Gasteiger partial charge in [0.1, 0.15) is 5.82 Å². The van der Waals surface area contributed by atoms with E-state index < -0.39 is 0 Å². The molecule has 1 atom stereocenters. The SMILES string of the molecule is CCCc1cc(C(=O)N2CCOC(CO)C2)cc(NC)n1. The third-order valence-electron chi connectivity index (χ3n) is 3.52. The van der Waals surface area contributed by atoms with Crippen molar-refractivity contribution in [3.8, 4) is 0 Å². The lowest BCUT2D eigenvalue weighted by atomic mass is 10.1. The second-order valence-electron chi connectivity index (χ2n) is 5.16. The highest BCUT2D eigenvalue weighted by Gasteiger charge is 2.25. The van der Waals surface area contributed by atoms with Crippen LogP contribution in [0.5, 0.6) is 0 Å². The third-order valence-corrected chi connectivity index (χ3v) is 3.52. The van der Waals surface area contributed by atoms with E-state index in [4.69, 9.17) is 4.74 Å². The standard InChI is InChI=1S/C15H23N3O3/c1-3-4-12-7-11(8-14(16-2)17-12)15(20)18-5-6-21-13(9-18)10-19/h7-8,13,19H,3-6,9-10H2,1-2H3,(H,16,17). The Morgan fingerprint density at radius 1 is 1.57 bits per heavy atom. The topological polar surface area (TPSA) is 74.7 Å². The van der Waals surface area contributed by atoms with Crippen LogP contribution in [-0.4, -0.2) is 60.4 Å². The van der Waals surface area contributed by atoms with Crippen molar-refractivity contribution in [3.05, 3.63) is 23.4 Å². The maximum absolute atomic E-state index is 12.6. The maximum Gasteiger partial charge on any atom is 0.254 e. The number of aliphatic hydroxyl groups is 1. The summed E-state index contributed by atoms with van der Waals surface area (Å²) in [6, 6.07) is 3.63. The van der Waals surface area contributed by atoms with Crippen LogP contribution in [0.25, 0.3) is 0 Å². The number of rotatable bonds is 5. The number of aromatic nitrogens is 1. The molecular formula is C15H23N3O3. The predicted molar refractivity (Wildman–Crippen MR) is 80.5 cm³/mol. The van der Waals surface area contributed by atoms with E-state index in [0.29, 0.717) is 31.1 Å². The molecule has 1 fully saturated rings. The summed E-state index contributed by atoms with van der Waals surface area (Å²) in [5.74, 6) is 0.671. The Bertz CT molecular complexity index is 493. The van der Waals surface area contributed by atoms with E-state index in [1.807, 2.05) is 6.07 Å². The summed E-state index contributed by atoms with van der Waals surface area (Å²) in [5.41, 5.74) is 1.55. The highest BCUT2D eigenvalue weighted by atomic mass is 16.5. The van der Waals surface area contributed by atoms with Gasteiger partial charge in [0, 0.05) is 31.4 Å². The van der Waals surface area contributed by atoms with Gasteiger partial charge in [-0.25, -0.2) is 4.98 Å². The molecule has 2 N–H and O–H groups in total. The van der Waals surface area contributed by atoms with Gasteiger partial charge in [-0.05, 0) is 18.6 Å². The van der Waals surface area contributed by atoms with Gasteiger partial charge in [0.05, 0.1) is 19.3 Å². The number of morpholine rings is 1. The first-order valence-electron chi connectivity index (χ1n) is 7.38. The van der Waals surface area contributed by atoms with Crippen LogP contribution < -0.4 is 5.32 Å². The Labute approximate surface area is 125 Å². The van der Waals surface area contributed by atoms with E-state index in [9.17, 15) is 9.90 Å². The molecule has 0 aromatic carbocycles. The number of anilines is 1. The Morgan fingerprint density at radius 3 is 3.05 bits per heavy atom. The predicted octanol–water partition coefficient (Wildman–Crippen LogP) is 0.909. The van der Waals surface area contributed by atoms with Gasteiger partial charge in [-0.3, -0.25) is 4.79 Å². The molecule has 2 heterocycles. The molecule has 0 radical (unpaired) electrons. The zero-order valence-corrected chi connectivity index (χ0v) is 12.6. The number of amides is 1. The maximum atomic E-state index is 12.6. The molecular weight excluding hydrogens is 270 g/mol. The number of nitrogens with zero attached hydrogens (tertiary/aromatic N) is 2. The average Bonchev–Trinajstić information content (AvgIpc) is 2.54. The summed E-state index contributed by atoms with van der Waals surface area (Å²) < 4.78 is 5.38. The number of ether oxygens (including phenoxy) is 1. The molecule has 1 aromatic rings. The summed E-state index contributed by atoms with van der Waals surface area (Å²) in [5, 5.41) is 12.2. The number of aliphatic hydroxyl groups excluding tert-OH is 1. The summed E-state index contributed by atoms with van der Waals surface area (Å²) >= 11 is 0. The number of hydrogen-bond donors (Lipinski definition) is 2. The van der Waals surface area contributed by atoms with Crippen LogP contribution >= 0.6 is 0 Å². The van der Waals surface area contributed by atoms with Crippen LogP contribution in [-0.2, 0) is 11.2 Å². The summed E-state index contributed by atoms with van der Waals surface area (Å²) in [6.07, 6.45) is 1.54. The summed E-state index contributed by atoms with van der Waals surface area (Å²) in [4.78, 5) is 18.8. The Kier molecular flexibility index (Phi) is 5.52. The second kappa shape index (κ2) is 7.38. The van der Waals surface area contributed by atoms with Gasteiger partial charge >= 0.3 is 0 Å². The Balaban J connectivity index is 2.19. The molecule has 116 valence electrons. The molecule has 1 aliphatic rings. The number of aryl methyl sites for hydroxylation is 1. The lowest BCUT2D eigenvalue weighted by Crippen LogP contribution is -2.46. The fourth-order valence-electron chi connectivity index (χ4n) is 2.42. The minimum absolute atomic E-state index is 0.0343.